The minimum atomic E-state index is -1.66. The summed E-state index contributed by atoms with van der Waals surface area (Å²) in [7, 11) is 0. The number of hydrogen-bond acceptors (Lipinski definition) is 1. The molecule has 1 nitrogen and oxygen atoms in total. The first kappa shape index (κ1) is 26.8. The van der Waals surface area contributed by atoms with Crippen molar-refractivity contribution >= 4 is 0 Å². The predicted octanol–water partition coefficient (Wildman–Crippen LogP) is 9.04. The molecule has 34 heavy (non-hydrogen) atoms. The van der Waals surface area contributed by atoms with Gasteiger partial charge in [-0.1, -0.05) is 58.8 Å². The maximum Gasteiger partial charge on any atom is 0.137 e. The Kier molecular flexibility index (Phi) is 10.1. The van der Waals surface area contributed by atoms with Crippen LogP contribution in [0.1, 0.15) is 117 Å². The molecule has 0 heterocycles. The zero-order chi connectivity index (χ0) is 24.1. The molecule has 0 aromatic carbocycles. The van der Waals surface area contributed by atoms with Crippen LogP contribution in [0.25, 0.3) is 0 Å². The Labute approximate surface area is 207 Å². The zero-order valence-electron chi connectivity index (χ0n) is 21.9. The standard InChI is InChI=1S/C30H51F3O/c1-3-5-18-34-26-17-16-24-19-25(28(31)30(33)27(24)29(26)32)15-10-21-8-13-23(14-9-21)22-11-6-20(4-2)7-12-22/h20-30H,3-19H2,1-2H3. The summed E-state index contributed by atoms with van der Waals surface area (Å²) in [4.78, 5) is 0. The fourth-order valence-electron chi connectivity index (χ4n) is 8.24. The van der Waals surface area contributed by atoms with Gasteiger partial charge in [-0.2, -0.15) is 0 Å². The predicted molar refractivity (Wildman–Crippen MR) is 134 cm³/mol. The summed E-state index contributed by atoms with van der Waals surface area (Å²) in [6.45, 7) is 4.93. The van der Waals surface area contributed by atoms with Gasteiger partial charge in [0.05, 0.1) is 6.10 Å². The van der Waals surface area contributed by atoms with E-state index in [0.717, 1.165) is 49.9 Å². The summed E-state index contributed by atoms with van der Waals surface area (Å²) >= 11 is 0. The SMILES string of the molecule is CCCCOC1CCC2CC(CCC3CCC(C4CCC(CC)CC4)CC3)C(F)C(F)C2C1F. The molecule has 0 spiro atoms. The van der Waals surface area contributed by atoms with Gasteiger partial charge in [0.2, 0.25) is 0 Å². The average molecular weight is 485 g/mol. The molecule has 0 radical (unpaired) electrons. The third kappa shape index (κ3) is 6.35. The molecule has 0 N–H and O–H groups in total. The Hall–Kier alpha value is -0.250. The van der Waals surface area contributed by atoms with Crippen molar-refractivity contribution in [1.82, 2.24) is 0 Å². The molecule has 7 unspecified atom stereocenters. The van der Waals surface area contributed by atoms with Gasteiger partial charge in [0.1, 0.15) is 18.5 Å². The second-order valence-electron chi connectivity index (χ2n) is 12.6. The second kappa shape index (κ2) is 12.8. The van der Waals surface area contributed by atoms with Gasteiger partial charge in [-0.05, 0) is 93.3 Å². The molecule has 0 aromatic heterocycles. The van der Waals surface area contributed by atoms with E-state index < -0.39 is 30.5 Å². The van der Waals surface area contributed by atoms with Crippen LogP contribution in [0.2, 0.25) is 0 Å². The molecule has 4 aliphatic rings. The summed E-state index contributed by atoms with van der Waals surface area (Å²) in [5.41, 5.74) is 0. The number of ether oxygens (including phenoxy) is 1. The van der Waals surface area contributed by atoms with E-state index in [2.05, 4.69) is 13.8 Å². The number of alkyl halides is 3. The lowest BCUT2D eigenvalue weighted by Crippen LogP contribution is -2.53. The van der Waals surface area contributed by atoms with E-state index in [1.807, 2.05) is 0 Å². The van der Waals surface area contributed by atoms with Gasteiger partial charge in [0.15, 0.2) is 0 Å². The Balaban J connectivity index is 1.20. The van der Waals surface area contributed by atoms with Crippen molar-refractivity contribution in [3.63, 3.8) is 0 Å². The monoisotopic (exact) mass is 484 g/mol. The highest BCUT2D eigenvalue weighted by molar-refractivity contribution is 5.01. The molecule has 7 atom stereocenters. The maximum absolute atomic E-state index is 15.2. The van der Waals surface area contributed by atoms with Crippen molar-refractivity contribution in [2.45, 2.75) is 141 Å². The van der Waals surface area contributed by atoms with Crippen molar-refractivity contribution in [1.29, 1.82) is 0 Å². The topological polar surface area (TPSA) is 9.23 Å². The van der Waals surface area contributed by atoms with E-state index in [-0.39, 0.29) is 11.8 Å². The summed E-state index contributed by atoms with van der Waals surface area (Å²) < 4.78 is 51.2. The van der Waals surface area contributed by atoms with Gasteiger partial charge in [-0.3, -0.25) is 0 Å². The molecule has 4 rings (SSSR count). The minimum absolute atomic E-state index is 0.0120. The van der Waals surface area contributed by atoms with Crippen LogP contribution in [0, 0.1) is 41.4 Å². The van der Waals surface area contributed by atoms with Crippen LogP contribution in [-0.2, 0) is 4.74 Å². The maximum atomic E-state index is 15.2. The quantitative estimate of drug-likeness (QED) is 0.297. The number of rotatable bonds is 9. The van der Waals surface area contributed by atoms with Crippen molar-refractivity contribution in [2.24, 2.45) is 41.4 Å². The van der Waals surface area contributed by atoms with Gasteiger partial charge in [0.25, 0.3) is 0 Å². The van der Waals surface area contributed by atoms with Gasteiger partial charge in [0, 0.05) is 12.5 Å². The fourth-order valence-corrected chi connectivity index (χ4v) is 8.24. The molecule has 0 aliphatic heterocycles. The molecule has 198 valence electrons. The van der Waals surface area contributed by atoms with Crippen LogP contribution in [-0.4, -0.2) is 31.2 Å². The van der Waals surface area contributed by atoms with Crippen LogP contribution in [0.4, 0.5) is 13.2 Å². The second-order valence-corrected chi connectivity index (χ2v) is 12.6. The number of halogens is 3. The van der Waals surface area contributed by atoms with Gasteiger partial charge in [-0.15, -0.1) is 0 Å². The Morgan fingerprint density at radius 1 is 0.647 bits per heavy atom. The number of unbranched alkanes of at least 4 members (excludes halogenated alkanes) is 1. The molecular formula is C30H51F3O. The Morgan fingerprint density at radius 2 is 1.26 bits per heavy atom. The first-order valence-electron chi connectivity index (χ1n) is 15.1. The van der Waals surface area contributed by atoms with Gasteiger partial charge in [-0.25, -0.2) is 13.2 Å². The van der Waals surface area contributed by atoms with Gasteiger partial charge < -0.3 is 4.74 Å². The van der Waals surface area contributed by atoms with Crippen molar-refractivity contribution in [2.75, 3.05) is 6.61 Å². The molecule has 4 saturated carbocycles. The highest BCUT2D eigenvalue weighted by atomic mass is 19.2. The summed E-state index contributed by atoms with van der Waals surface area (Å²) in [5, 5.41) is 0. The number of fused-ring (bicyclic) bond motifs is 1. The highest BCUT2D eigenvalue weighted by Gasteiger charge is 2.53. The molecular weight excluding hydrogens is 433 g/mol. The van der Waals surface area contributed by atoms with E-state index in [1.54, 1.807) is 0 Å². The van der Waals surface area contributed by atoms with Crippen molar-refractivity contribution in [3.05, 3.63) is 0 Å². The van der Waals surface area contributed by atoms with Crippen molar-refractivity contribution < 1.29 is 17.9 Å². The lowest BCUT2D eigenvalue weighted by molar-refractivity contribution is -0.125. The molecule has 4 heteroatoms. The highest BCUT2D eigenvalue weighted by Crippen LogP contribution is 2.49. The fraction of sp³-hybridized carbons (Fsp3) is 1.00. The van der Waals surface area contributed by atoms with Crippen LogP contribution in [0.15, 0.2) is 0 Å². The first-order chi connectivity index (χ1) is 16.5. The zero-order valence-corrected chi connectivity index (χ0v) is 21.9. The van der Waals surface area contributed by atoms with E-state index in [9.17, 15) is 0 Å². The average Bonchev–Trinajstić information content (AvgIpc) is 2.87. The van der Waals surface area contributed by atoms with Crippen LogP contribution in [0.5, 0.6) is 0 Å². The third-order valence-corrected chi connectivity index (χ3v) is 10.6. The lowest BCUT2D eigenvalue weighted by atomic mass is 9.63. The summed E-state index contributed by atoms with van der Waals surface area (Å²) in [5.74, 6) is 2.46. The Bertz CT molecular complexity index is 582. The molecule has 0 saturated heterocycles. The summed E-state index contributed by atoms with van der Waals surface area (Å²) in [6.07, 6.45) is 13.1. The minimum Gasteiger partial charge on any atom is -0.375 e. The van der Waals surface area contributed by atoms with E-state index in [1.165, 1.54) is 57.8 Å². The molecule has 4 aliphatic carbocycles. The normalized spacial score (nSPS) is 45.6. The molecule has 0 amide bonds. The van der Waals surface area contributed by atoms with Crippen LogP contribution >= 0.6 is 0 Å². The van der Waals surface area contributed by atoms with Gasteiger partial charge >= 0.3 is 0 Å². The smallest absolute Gasteiger partial charge is 0.137 e. The van der Waals surface area contributed by atoms with Crippen molar-refractivity contribution in [3.8, 4) is 0 Å². The number of hydrogen-bond donors (Lipinski definition) is 0. The van der Waals surface area contributed by atoms with Crippen LogP contribution in [0.3, 0.4) is 0 Å². The first-order valence-corrected chi connectivity index (χ1v) is 15.1. The largest absolute Gasteiger partial charge is 0.375 e. The van der Waals surface area contributed by atoms with E-state index in [0.29, 0.717) is 25.4 Å². The summed E-state index contributed by atoms with van der Waals surface area (Å²) in [6, 6.07) is 0. The molecule has 0 bridgehead atoms. The molecule has 4 fully saturated rings. The van der Waals surface area contributed by atoms with Crippen LogP contribution < -0.4 is 0 Å². The van der Waals surface area contributed by atoms with E-state index in [4.69, 9.17) is 4.74 Å². The lowest BCUT2D eigenvalue weighted by Gasteiger charge is -2.47. The molecule has 0 aromatic rings. The van der Waals surface area contributed by atoms with E-state index >= 15 is 13.2 Å². The third-order valence-electron chi connectivity index (χ3n) is 10.6. The Morgan fingerprint density at radius 3 is 1.88 bits per heavy atom.